The van der Waals surface area contributed by atoms with Gasteiger partial charge in [0.2, 0.25) is 5.78 Å². The van der Waals surface area contributed by atoms with Gasteiger partial charge in [-0.3, -0.25) is 9.59 Å². The molecular weight excluding hydrogens is 296 g/mol. The van der Waals surface area contributed by atoms with Crippen molar-refractivity contribution in [2.24, 2.45) is 0 Å². The first kappa shape index (κ1) is 18.9. The summed E-state index contributed by atoms with van der Waals surface area (Å²) >= 11 is 0. The van der Waals surface area contributed by atoms with Gasteiger partial charge < -0.3 is 9.47 Å². The van der Waals surface area contributed by atoms with E-state index in [4.69, 9.17) is 9.47 Å². The lowest BCUT2D eigenvalue weighted by Gasteiger charge is -2.04. The van der Waals surface area contributed by atoms with Crippen LogP contribution in [0.1, 0.15) is 44.6 Å². The van der Waals surface area contributed by atoms with Crippen LogP contribution in [0.5, 0.6) is 0 Å². The maximum absolute atomic E-state index is 11.6. The Morgan fingerprint density at radius 3 is 2.35 bits per heavy atom. The lowest BCUT2D eigenvalue weighted by molar-refractivity contribution is -0.154. The molecule has 0 aliphatic carbocycles. The van der Waals surface area contributed by atoms with Crippen LogP contribution in [-0.2, 0) is 30.3 Å². The number of carbonyl (C=O) groups is 3. The summed E-state index contributed by atoms with van der Waals surface area (Å²) in [5.74, 6) is -1.64. The molecule has 1 aromatic carbocycles. The van der Waals surface area contributed by atoms with Gasteiger partial charge in [0.15, 0.2) is 0 Å². The van der Waals surface area contributed by atoms with Crippen LogP contribution in [0.25, 0.3) is 0 Å². The summed E-state index contributed by atoms with van der Waals surface area (Å²) in [5, 5.41) is 0. The molecular formula is C18H24O5. The molecule has 1 aromatic rings. The molecule has 0 fully saturated rings. The van der Waals surface area contributed by atoms with E-state index in [9.17, 15) is 14.4 Å². The van der Waals surface area contributed by atoms with Crippen molar-refractivity contribution in [3.8, 4) is 0 Å². The Bertz CT molecular complexity index is 495. The van der Waals surface area contributed by atoms with Crippen molar-refractivity contribution >= 4 is 17.7 Å². The molecule has 126 valence electrons. The van der Waals surface area contributed by atoms with E-state index in [2.05, 4.69) is 0 Å². The average Bonchev–Trinajstić information content (AvgIpc) is 2.56. The zero-order chi connectivity index (χ0) is 16.9. The molecule has 5 nitrogen and oxygen atoms in total. The standard InChI is InChI=1S/C18H24O5/c1-2-22-17(20)13-8-14-23-18(21)16(19)12-7-6-11-15-9-4-3-5-10-15/h3-5,9-10H,2,6-8,11-14H2,1H3. The number of ketones is 1. The van der Waals surface area contributed by atoms with Crippen LogP contribution in [0.3, 0.4) is 0 Å². The predicted octanol–water partition coefficient (Wildman–Crippen LogP) is 2.86. The number of hydrogen-bond donors (Lipinski definition) is 0. The third kappa shape index (κ3) is 8.76. The van der Waals surface area contributed by atoms with Crippen molar-refractivity contribution in [1.29, 1.82) is 0 Å². The van der Waals surface area contributed by atoms with Gasteiger partial charge >= 0.3 is 11.9 Å². The van der Waals surface area contributed by atoms with Gasteiger partial charge in [-0.15, -0.1) is 0 Å². The molecule has 0 radical (unpaired) electrons. The Morgan fingerprint density at radius 1 is 0.913 bits per heavy atom. The molecule has 0 bridgehead atoms. The number of hydrogen-bond acceptors (Lipinski definition) is 5. The second-order valence-corrected chi connectivity index (χ2v) is 5.16. The van der Waals surface area contributed by atoms with Gasteiger partial charge in [-0.2, -0.15) is 0 Å². The number of unbranched alkanes of at least 4 members (excludes halogenated alkanes) is 1. The second kappa shape index (κ2) is 11.4. The number of esters is 2. The van der Waals surface area contributed by atoms with Gasteiger partial charge in [-0.25, -0.2) is 4.79 Å². The maximum atomic E-state index is 11.6. The minimum absolute atomic E-state index is 0.0629. The Hall–Kier alpha value is -2.17. The molecule has 0 heterocycles. The van der Waals surface area contributed by atoms with E-state index in [-0.39, 0.29) is 25.4 Å². The highest BCUT2D eigenvalue weighted by atomic mass is 16.5. The van der Waals surface area contributed by atoms with Crippen molar-refractivity contribution < 1.29 is 23.9 Å². The van der Waals surface area contributed by atoms with Crippen LogP contribution >= 0.6 is 0 Å². The van der Waals surface area contributed by atoms with E-state index in [0.29, 0.717) is 19.4 Å². The fourth-order valence-electron chi connectivity index (χ4n) is 2.06. The molecule has 0 aliphatic rings. The molecule has 0 aliphatic heterocycles. The number of Topliss-reactive ketones (excluding diaryl/α,β-unsaturated/α-hetero) is 1. The molecule has 0 saturated carbocycles. The molecule has 23 heavy (non-hydrogen) atoms. The number of rotatable bonds is 11. The third-order valence-corrected chi connectivity index (χ3v) is 3.25. The molecule has 0 N–H and O–H groups in total. The van der Waals surface area contributed by atoms with E-state index >= 15 is 0 Å². The molecule has 0 saturated heterocycles. The average molecular weight is 320 g/mol. The summed E-state index contributed by atoms with van der Waals surface area (Å²) < 4.78 is 9.60. The van der Waals surface area contributed by atoms with Crippen molar-refractivity contribution in [2.45, 2.75) is 45.4 Å². The summed E-state index contributed by atoms with van der Waals surface area (Å²) in [6.45, 7) is 2.13. The monoisotopic (exact) mass is 320 g/mol. The van der Waals surface area contributed by atoms with Crippen molar-refractivity contribution in [3.63, 3.8) is 0 Å². The highest BCUT2D eigenvalue weighted by Gasteiger charge is 2.14. The zero-order valence-electron chi connectivity index (χ0n) is 13.6. The highest BCUT2D eigenvalue weighted by Crippen LogP contribution is 2.07. The Morgan fingerprint density at radius 2 is 1.65 bits per heavy atom. The fourth-order valence-corrected chi connectivity index (χ4v) is 2.06. The number of ether oxygens (including phenoxy) is 2. The summed E-state index contributed by atoms with van der Waals surface area (Å²) in [6, 6.07) is 10.0. The summed E-state index contributed by atoms with van der Waals surface area (Å²) in [4.78, 5) is 34.2. The first-order valence-corrected chi connectivity index (χ1v) is 8.03. The van der Waals surface area contributed by atoms with Crippen LogP contribution < -0.4 is 0 Å². The first-order valence-electron chi connectivity index (χ1n) is 8.03. The van der Waals surface area contributed by atoms with Crippen LogP contribution in [0, 0.1) is 0 Å². The summed E-state index contributed by atoms with van der Waals surface area (Å²) in [5.41, 5.74) is 1.22. The smallest absolute Gasteiger partial charge is 0.374 e. The van der Waals surface area contributed by atoms with Gasteiger partial charge in [0.25, 0.3) is 0 Å². The van der Waals surface area contributed by atoms with E-state index in [0.717, 1.165) is 12.8 Å². The van der Waals surface area contributed by atoms with E-state index in [1.54, 1.807) is 6.92 Å². The Kier molecular flexibility index (Phi) is 9.36. The lowest BCUT2D eigenvalue weighted by atomic mass is 10.1. The fraction of sp³-hybridized carbons (Fsp3) is 0.500. The molecule has 1 rings (SSSR count). The minimum atomic E-state index is -0.812. The Balaban J connectivity index is 2.07. The quantitative estimate of drug-likeness (QED) is 0.356. The van der Waals surface area contributed by atoms with Crippen molar-refractivity contribution in [2.75, 3.05) is 13.2 Å². The topological polar surface area (TPSA) is 69.7 Å². The van der Waals surface area contributed by atoms with Gasteiger partial charge in [0, 0.05) is 12.8 Å². The van der Waals surface area contributed by atoms with Gasteiger partial charge in [-0.05, 0) is 38.2 Å². The van der Waals surface area contributed by atoms with E-state index < -0.39 is 11.8 Å². The molecule has 0 amide bonds. The van der Waals surface area contributed by atoms with Gasteiger partial charge in [0.05, 0.1) is 13.2 Å². The van der Waals surface area contributed by atoms with Gasteiger partial charge in [-0.1, -0.05) is 30.3 Å². The second-order valence-electron chi connectivity index (χ2n) is 5.16. The normalized spacial score (nSPS) is 10.1. The highest BCUT2D eigenvalue weighted by molar-refractivity contribution is 6.33. The van der Waals surface area contributed by atoms with E-state index in [1.165, 1.54) is 5.56 Å². The molecule has 0 unspecified atom stereocenters. The van der Waals surface area contributed by atoms with E-state index in [1.807, 2.05) is 30.3 Å². The molecule has 0 aromatic heterocycles. The first-order chi connectivity index (χ1) is 11.1. The van der Waals surface area contributed by atoms with Crippen LogP contribution in [-0.4, -0.2) is 30.9 Å². The molecule has 5 heteroatoms. The molecule has 0 atom stereocenters. The SMILES string of the molecule is CCOC(=O)CCCOC(=O)C(=O)CCCCc1ccccc1. The largest absolute Gasteiger partial charge is 0.466 e. The maximum Gasteiger partial charge on any atom is 0.374 e. The van der Waals surface area contributed by atoms with Crippen molar-refractivity contribution in [1.82, 2.24) is 0 Å². The molecule has 0 spiro atoms. The summed E-state index contributed by atoms with van der Waals surface area (Å²) in [6.07, 6.45) is 3.15. The van der Waals surface area contributed by atoms with Crippen LogP contribution in [0.4, 0.5) is 0 Å². The summed E-state index contributed by atoms with van der Waals surface area (Å²) in [7, 11) is 0. The van der Waals surface area contributed by atoms with Crippen LogP contribution in [0.15, 0.2) is 30.3 Å². The number of aryl methyl sites for hydroxylation is 1. The third-order valence-electron chi connectivity index (χ3n) is 3.25. The number of carbonyl (C=O) groups excluding carboxylic acids is 3. The van der Waals surface area contributed by atoms with Crippen LogP contribution in [0.2, 0.25) is 0 Å². The predicted molar refractivity (Wildman–Crippen MR) is 85.8 cm³/mol. The van der Waals surface area contributed by atoms with Gasteiger partial charge in [0.1, 0.15) is 0 Å². The number of benzene rings is 1. The Labute approximate surface area is 137 Å². The zero-order valence-corrected chi connectivity index (χ0v) is 13.6. The minimum Gasteiger partial charge on any atom is -0.466 e. The van der Waals surface area contributed by atoms with Crippen molar-refractivity contribution in [3.05, 3.63) is 35.9 Å². The lowest BCUT2D eigenvalue weighted by Crippen LogP contribution is -2.18.